The van der Waals surface area contributed by atoms with Gasteiger partial charge in [-0.25, -0.2) is 9.97 Å². The van der Waals surface area contributed by atoms with Gasteiger partial charge in [-0.15, -0.1) is 0 Å². The largest absolute Gasteiger partial charge is 0.496 e. The zero-order valence-electron chi connectivity index (χ0n) is 20.1. The second-order valence-electron chi connectivity index (χ2n) is 8.75. The van der Waals surface area contributed by atoms with Crippen LogP contribution in [-0.2, 0) is 6.54 Å². The number of aromatic nitrogens is 2. The van der Waals surface area contributed by atoms with Crippen LogP contribution in [0.2, 0.25) is 0 Å². The van der Waals surface area contributed by atoms with Crippen LogP contribution in [0.4, 0.5) is 0 Å². The van der Waals surface area contributed by atoms with Gasteiger partial charge >= 0.3 is 0 Å². The third kappa shape index (κ3) is 6.31. The van der Waals surface area contributed by atoms with E-state index in [1.807, 2.05) is 18.3 Å². The van der Waals surface area contributed by atoms with Crippen LogP contribution >= 0.6 is 11.8 Å². The molecule has 0 amide bonds. The van der Waals surface area contributed by atoms with E-state index in [0.29, 0.717) is 11.7 Å². The lowest BCUT2D eigenvalue weighted by atomic mass is 9.94. The van der Waals surface area contributed by atoms with Crippen LogP contribution in [0.5, 0.6) is 17.2 Å². The summed E-state index contributed by atoms with van der Waals surface area (Å²) in [5.74, 6) is 3.72. The number of hydrogen-bond acceptors (Lipinski definition) is 8. The summed E-state index contributed by atoms with van der Waals surface area (Å²) in [4.78, 5) is 14.5. The van der Waals surface area contributed by atoms with Crippen molar-refractivity contribution in [3.63, 3.8) is 0 Å². The van der Waals surface area contributed by atoms with Crippen molar-refractivity contribution in [1.29, 1.82) is 0 Å². The summed E-state index contributed by atoms with van der Waals surface area (Å²) in [5.41, 5.74) is 2.27. The molecular weight excluding hydrogens is 436 g/mol. The lowest BCUT2D eigenvalue weighted by molar-refractivity contribution is 0.195. The van der Waals surface area contributed by atoms with Crippen molar-refractivity contribution in [2.75, 3.05) is 59.8 Å². The van der Waals surface area contributed by atoms with Gasteiger partial charge in [0.25, 0.3) is 0 Å². The van der Waals surface area contributed by atoms with Crippen molar-refractivity contribution in [2.24, 2.45) is 0 Å². The van der Waals surface area contributed by atoms with E-state index >= 15 is 0 Å². The zero-order chi connectivity index (χ0) is 23.0. The summed E-state index contributed by atoms with van der Waals surface area (Å²) >= 11 is 1.78. The normalized spacial score (nSPS) is 19.5. The minimum Gasteiger partial charge on any atom is -0.496 e. The number of ether oxygens (including phenoxy) is 3. The zero-order valence-corrected chi connectivity index (χ0v) is 20.9. The van der Waals surface area contributed by atoms with Gasteiger partial charge in [0.15, 0.2) is 16.7 Å². The van der Waals surface area contributed by atoms with Gasteiger partial charge in [0, 0.05) is 54.8 Å². The maximum Gasteiger partial charge on any atom is 0.187 e. The van der Waals surface area contributed by atoms with Crippen LogP contribution in [0.3, 0.4) is 0 Å². The molecule has 8 heteroatoms. The quantitative estimate of drug-likeness (QED) is 0.379. The first-order chi connectivity index (χ1) is 16.2. The summed E-state index contributed by atoms with van der Waals surface area (Å²) in [6.45, 7) is 6.46. The number of thioether (sulfide) groups is 1. The number of likely N-dealkylation sites (tertiary alicyclic amines) is 2. The highest BCUT2D eigenvalue weighted by Gasteiger charge is 2.24. The second-order valence-corrected chi connectivity index (χ2v) is 9.82. The van der Waals surface area contributed by atoms with E-state index < -0.39 is 0 Å². The Labute approximate surface area is 201 Å². The number of hydrogen-bond donors (Lipinski definition) is 0. The molecule has 1 aromatic heterocycles. The monoisotopic (exact) mass is 472 g/mol. The Hall–Kier alpha value is -2.03. The predicted octanol–water partition coefficient (Wildman–Crippen LogP) is 4.07. The molecule has 3 heterocycles. The Bertz CT molecular complexity index is 907. The van der Waals surface area contributed by atoms with Gasteiger partial charge in [-0.1, -0.05) is 11.8 Å². The first kappa shape index (κ1) is 24.1. The molecular formula is C25H36N4O3S. The molecule has 0 saturated carbocycles. The maximum absolute atomic E-state index is 5.64. The standard InChI is InChI=1S/C25H36N4O3S/c1-30-22-16-24(32-3)23(31-2)15-20(22)18-29-12-6-7-19(17-29)21-8-9-26-25(27-21)33-14-13-28-10-4-5-11-28/h8-9,15-16,19H,4-7,10-14,17-18H2,1-3H3/t19-/m0/s1. The summed E-state index contributed by atoms with van der Waals surface area (Å²) in [7, 11) is 5.02. The third-order valence-electron chi connectivity index (χ3n) is 6.60. The van der Waals surface area contributed by atoms with Gasteiger partial charge in [0.2, 0.25) is 0 Å². The molecule has 2 fully saturated rings. The van der Waals surface area contributed by atoms with Crippen LogP contribution < -0.4 is 14.2 Å². The average Bonchev–Trinajstić information content (AvgIpc) is 3.38. The molecule has 0 aliphatic carbocycles. The van der Waals surface area contributed by atoms with Crippen LogP contribution in [-0.4, -0.2) is 79.6 Å². The molecule has 7 nitrogen and oxygen atoms in total. The van der Waals surface area contributed by atoms with Crippen molar-refractivity contribution in [1.82, 2.24) is 19.8 Å². The molecule has 2 aliphatic rings. The first-order valence-electron chi connectivity index (χ1n) is 11.9. The molecule has 0 unspecified atom stereocenters. The van der Waals surface area contributed by atoms with Gasteiger partial charge in [0.05, 0.1) is 21.3 Å². The average molecular weight is 473 g/mol. The molecule has 0 spiro atoms. The molecule has 0 bridgehead atoms. The molecule has 1 aromatic carbocycles. The van der Waals surface area contributed by atoms with Crippen molar-refractivity contribution < 1.29 is 14.2 Å². The first-order valence-corrected chi connectivity index (χ1v) is 12.9. The number of nitrogens with zero attached hydrogens (tertiary/aromatic N) is 4. The van der Waals surface area contributed by atoms with Gasteiger partial charge in [-0.05, 0) is 57.5 Å². The Kier molecular flexibility index (Phi) is 8.69. The van der Waals surface area contributed by atoms with Crippen LogP contribution in [0.15, 0.2) is 29.6 Å². The summed E-state index contributed by atoms with van der Waals surface area (Å²) in [6, 6.07) is 6.03. The SMILES string of the molecule is COc1cc(OC)c(OC)cc1CN1CCC[C@H](c2ccnc(SCCN3CCCC3)n2)C1. The van der Waals surface area contributed by atoms with Crippen LogP contribution in [0.25, 0.3) is 0 Å². The van der Waals surface area contributed by atoms with Crippen molar-refractivity contribution in [3.8, 4) is 17.2 Å². The van der Waals surface area contributed by atoms with E-state index in [-0.39, 0.29) is 0 Å². The Morgan fingerprint density at radius 2 is 1.67 bits per heavy atom. The molecule has 2 aliphatic heterocycles. The number of methoxy groups -OCH3 is 3. The third-order valence-corrected chi connectivity index (χ3v) is 7.44. The fourth-order valence-electron chi connectivity index (χ4n) is 4.82. The molecule has 2 aromatic rings. The van der Waals surface area contributed by atoms with E-state index in [1.54, 1.807) is 33.1 Å². The number of benzene rings is 1. The topological polar surface area (TPSA) is 60.0 Å². The van der Waals surface area contributed by atoms with Crippen molar-refractivity contribution in [3.05, 3.63) is 35.7 Å². The molecule has 33 heavy (non-hydrogen) atoms. The van der Waals surface area contributed by atoms with E-state index in [2.05, 4.69) is 20.9 Å². The number of rotatable bonds is 10. The molecule has 1 atom stereocenters. The summed E-state index contributed by atoms with van der Waals surface area (Å²) in [6.07, 6.45) is 6.92. The molecule has 0 radical (unpaired) electrons. The minimum absolute atomic E-state index is 0.422. The van der Waals surface area contributed by atoms with Gasteiger partial charge in [-0.2, -0.15) is 0 Å². The maximum atomic E-state index is 5.64. The predicted molar refractivity (Wildman–Crippen MR) is 132 cm³/mol. The van der Waals surface area contributed by atoms with Crippen LogP contribution in [0, 0.1) is 0 Å². The molecule has 2 saturated heterocycles. The summed E-state index contributed by atoms with van der Waals surface area (Å²) < 4.78 is 16.6. The lowest BCUT2D eigenvalue weighted by Gasteiger charge is -2.33. The van der Waals surface area contributed by atoms with Gasteiger partial charge < -0.3 is 19.1 Å². The fourth-order valence-corrected chi connectivity index (χ4v) is 5.66. The lowest BCUT2D eigenvalue weighted by Crippen LogP contribution is -2.34. The molecule has 4 rings (SSSR count). The van der Waals surface area contributed by atoms with Gasteiger partial charge in [-0.3, -0.25) is 4.90 Å². The van der Waals surface area contributed by atoms with E-state index in [4.69, 9.17) is 19.2 Å². The van der Waals surface area contributed by atoms with Crippen molar-refractivity contribution in [2.45, 2.75) is 43.3 Å². The highest BCUT2D eigenvalue weighted by Crippen LogP contribution is 2.36. The Balaban J connectivity index is 1.38. The summed E-state index contributed by atoms with van der Waals surface area (Å²) in [5, 5.41) is 0.908. The van der Waals surface area contributed by atoms with Gasteiger partial charge in [0.1, 0.15) is 5.75 Å². The fraction of sp³-hybridized carbons (Fsp3) is 0.600. The number of piperidine rings is 1. The Morgan fingerprint density at radius 1 is 0.939 bits per heavy atom. The molecule has 0 N–H and O–H groups in total. The van der Waals surface area contributed by atoms with Crippen molar-refractivity contribution >= 4 is 11.8 Å². The van der Waals surface area contributed by atoms with E-state index in [9.17, 15) is 0 Å². The smallest absolute Gasteiger partial charge is 0.187 e. The molecule has 180 valence electrons. The van der Waals surface area contributed by atoms with E-state index in [1.165, 1.54) is 25.9 Å². The van der Waals surface area contributed by atoms with E-state index in [0.717, 1.165) is 72.7 Å². The highest BCUT2D eigenvalue weighted by molar-refractivity contribution is 7.99. The second kappa shape index (κ2) is 11.9. The van der Waals surface area contributed by atoms with Crippen LogP contribution in [0.1, 0.15) is 42.9 Å². The minimum atomic E-state index is 0.422. The highest BCUT2D eigenvalue weighted by atomic mass is 32.2. The Morgan fingerprint density at radius 3 is 2.42 bits per heavy atom.